The van der Waals surface area contributed by atoms with E-state index >= 15 is 0 Å². The van der Waals surface area contributed by atoms with Crippen molar-refractivity contribution in [3.63, 3.8) is 0 Å². The van der Waals surface area contributed by atoms with Crippen molar-refractivity contribution < 1.29 is 22.7 Å². The molecule has 2 N–H and O–H groups in total. The Morgan fingerprint density at radius 2 is 1.77 bits per heavy atom. The highest BCUT2D eigenvalue weighted by atomic mass is 32.2. The molecule has 0 atom stereocenters. The first-order valence-corrected chi connectivity index (χ1v) is 9.66. The molecule has 0 bridgehead atoms. The van der Waals surface area contributed by atoms with Gasteiger partial charge in [0.2, 0.25) is 5.91 Å². The Bertz CT molecular complexity index is 813. The number of allylic oxidation sites excluding steroid dienone is 1. The van der Waals surface area contributed by atoms with Gasteiger partial charge in [-0.05, 0) is 45.0 Å². The van der Waals surface area contributed by atoms with E-state index in [2.05, 4.69) is 14.4 Å². The zero-order chi connectivity index (χ0) is 19.2. The summed E-state index contributed by atoms with van der Waals surface area (Å²) in [4.78, 5) is 12.0. The van der Waals surface area contributed by atoms with Gasteiger partial charge in [-0.3, -0.25) is 9.52 Å². The van der Waals surface area contributed by atoms with Crippen molar-refractivity contribution in [2.45, 2.75) is 27.2 Å². The van der Waals surface area contributed by atoms with E-state index in [1.165, 1.54) is 0 Å². The Balaban J connectivity index is 1.76. The summed E-state index contributed by atoms with van der Waals surface area (Å²) >= 11 is 0. The first-order valence-electron chi connectivity index (χ1n) is 8.22. The largest absolute Gasteiger partial charge is 0.494 e. The molecular formula is C17H23N3O5S. The van der Waals surface area contributed by atoms with Gasteiger partial charge in [0.15, 0.2) is 0 Å². The van der Waals surface area contributed by atoms with Crippen molar-refractivity contribution in [3.05, 3.63) is 35.5 Å². The molecule has 142 valence electrons. The zero-order valence-corrected chi connectivity index (χ0v) is 15.9. The number of amides is 1. The van der Waals surface area contributed by atoms with Gasteiger partial charge in [0.1, 0.15) is 18.1 Å². The number of nitrogens with zero attached hydrogens (tertiary/aromatic N) is 1. The predicted octanol–water partition coefficient (Wildman–Crippen LogP) is 1.55. The topological polar surface area (TPSA) is 106 Å². The standard InChI is InChI=1S/C17H23N3O5S/c1-4-24-14-5-7-15(8-6-14)25-10-9-18-17(21)11-16-12(2)19-26(22,23)20-13(16)3/h5-8,19H,4,9-11H2,1-3H3,(H,18,21). The van der Waals surface area contributed by atoms with Crippen LogP contribution in [-0.4, -0.2) is 39.8 Å². The molecule has 0 spiro atoms. The molecule has 1 heterocycles. The minimum Gasteiger partial charge on any atom is -0.494 e. The fourth-order valence-electron chi connectivity index (χ4n) is 2.43. The van der Waals surface area contributed by atoms with Crippen LogP contribution in [0.4, 0.5) is 0 Å². The number of carbonyl (C=O) groups is 1. The lowest BCUT2D eigenvalue weighted by Crippen LogP contribution is -2.32. The lowest BCUT2D eigenvalue weighted by atomic mass is 10.1. The van der Waals surface area contributed by atoms with Crippen LogP contribution < -0.4 is 19.5 Å². The zero-order valence-electron chi connectivity index (χ0n) is 15.0. The van der Waals surface area contributed by atoms with Crippen LogP contribution in [0.1, 0.15) is 27.2 Å². The molecular weight excluding hydrogens is 358 g/mol. The van der Waals surface area contributed by atoms with Crippen LogP contribution in [0.3, 0.4) is 0 Å². The molecule has 1 amide bonds. The third kappa shape index (κ3) is 5.76. The van der Waals surface area contributed by atoms with Crippen LogP contribution >= 0.6 is 0 Å². The highest BCUT2D eigenvalue weighted by Crippen LogP contribution is 2.18. The van der Waals surface area contributed by atoms with Crippen molar-refractivity contribution >= 4 is 21.8 Å². The highest BCUT2D eigenvalue weighted by Gasteiger charge is 2.21. The summed E-state index contributed by atoms with van der Waals surface area (Å²) in [6.07, 6.45) is 0.0484. The van der Waals surface area contributed by atoms with E-state index in [9.17, 15) is 13.2 Å². The Labute approximate surface area is 153 Å². The van der Waals surface area contributed by atoms with Crippen molar-refractivity contribution in [2.75, 3.05) is 19.8 Å². The van der Waals surface area contributed by atoms with Crippen LogP contribution in [-0.2, 0) is 15.0 Å². The minimum atomic E-state index is -3.69. The maximum atomic E-state index is 12.0. The van der Waals surface area contributed by atoms with Crippen molar-refractivity contribution in [2.24, 2.45) is 4.40 Å². The maximum absolute atomic E-state index is 12.0. The number of nitrogens with one attached hydrogen (secondary N) is 2. The third-order valence-corrected chi connectivity index (χ3v) is 4.67. The third-order valence-electron chi connectivity index (χ3n) is 3.59. The van der Waals surface area contributed by atoms with Gasteiger partial charge in [-0.25, -0.2) is 0 Å². The SMILES string of the molecule is CCOc1ccc(OCCNC(=O)CC2=C(C)NS(=O)(=O)N=C2C)cc1. The predicted molar refractivity (Wildman–Crippen MR) is 98.6 cm³/mol. The molecule has 0 radical (unpaired) electrons. The van der Waals surface area contributed by atoms with Crippen molar-refractivity contribution in [3.8, 4) is 11.5 Å². The van der Waals surface area contributed by atoms with Gasteiger partial charge in [0, 0.05) is 11.3 Å². The summed E-state index contributed by atoms with van der Waals surface area (Å²) in [7, 11) is -3.69. The molecule has 1 aliphatic heterocycles. The number of ether oxygens (including phenoxy) is 2. The molecule has 0 saturated carbocycles. The van der Waals surface area contributed by atoms with Gasteiger partial charge < -0.3 is 14.8 Å². The van der Waals surface area contributed by atoms with Crippen molar-refractivity contribution in [1.29, 1.82) is 0 Å². The van der Waals surface area contributed by atoms with E-state index in [0.29, 0.717) is 42.5 Å². The summed E-state index contributed by atoms with van der Waals surface area (Å²) in [5.41, 5.74) is 1.31. The van der Waals surface area contributed by atoms with Gasteiger partial charge in [0.25, 0.3) is 0 Å². The molecule has 2 rings (SSSR count). The van der Waals surface area contributed by atoms with Crippen LogP contribution in [0.5, 0.6) is 11.5 Å². The van der Waals surface area contributed by atoms with E-state index in [-0.39, 0.29) is 12.3 Å². The molecule has 26 heavy (non-hydrogen) atoms. The number of benzene rings is 1. The molecule has 0 unspecified atom stereocenters. The van der Waals surface area contributed by atoms with Gasteiger partial charge in [0.05, 0.1) is 25.3 Å². The Morgan fingerprint density at radius 3 is 2.35 bits per heavy atom. The second-order valence-electron chi connectivity index (χ2n) is 5.64. The summed E-state index contributed by atoms with van der Waals surface area (Å²) in [5, 5.41) is 2.74. The molecule has 0 aliphatic carbocycles. The summed E-state index contributed by atoms with van der Waals surface area (Å²) in [6.45, 7) is 6.35. The van der Waals surface area contributed by atoms with Crippen LogP contribution in [0.15, 0.2) is 39.9 Å². The molecule has 0 saturated heterocycles. The Kier molecular flexibility index (Phi) is 6.62. The number of rotatable bonds is 8. The monoisotopic (exact) mass is 381 g/mol. The number of carbonyl (C=O) groups excluding carboxylic acids is 1. The molecule has 8 nitrogen and oxygen atoms in total. The van der Waals surface area contributed by atoms with Crippen LogP contribution in [0.25, 0.3) is 0 Å². The fraction of sp³-hybridized carbons (Fsp3) is 0.412. The molecule has 9 heteroatoms. The van der Waals surface area contributed by atoms with Crippen LogP contribution in [0, 0.1) is 0 Å². The second kappa shape index (κ2) is 8.70. The highest BCUT2D eigenvalue weighted by molar-refractivity contribution is 7.88. The second-order valence-corrected chi connectivity index (χ2v) is 6.97. The van der Waals surface area contributed by atoms with Gasteiger partial charge >= 0.3 is 10.2 Å². The summed E-state index contributed by atoms with van der Waals surface area (Å²) in [5.74, 6) is 1.23. The molecule has 1 aromatic rings. The lowest BCUT2D eigenvalue weighted by Gasteiger charge is -2.17. The maximum Gasteiger partial charge on any atom is 0.342 e. The first kappa shape index (κ1) is 19.8. The van der Waals surface area contributed by atoms with Gasteiger partial charge in [-0.2, -0.15) is 8.42 Å². The van der Waals surface area contributed by atoms with Crippen LogP contribution in [0.2, 0.25) is 0 Å². The smallest absolute Gasteiger partial charge is 0.342 e. The normalized spacial score (nSPS) is 15.7. The quantitative estimate of drug-likeness (QED) is 0.665. The van der Waals surface area contributed by atoms with Gasteiger partial charge in [-0.15, -0.1) is 4.40 Å². The summed E-state index contributed by atoms with van der Waals surface area (Å²) < 4.78 is 39.7. The van der Waals surface area contributed by atoms with E-state index < -0.39 is 10.2 Å². The molecule has 0 fully saturated rings. The van der Waals surface area contributed by atoms with E-state index in [1.807, 2.05) is 19.1 Å². The molecule has 1 aliphatic rings. The van der Waals surface area contributed by atoms with Gasteiger partial charge in [-0.1, -0.05) is 0 Å². The lowest BCUT2D eigenvalue weighted by molar-refractivity contribution is -0.120. The van der Waals surface area contributed by atoms with Crippen molar-refractivity contribution in [1.82, 2.24) is 10.0 Å². The average Bonchev–Trinajstić information content (AvgIpc) is 2.56. The van der Waals surface area contributed by atoms with E-state index in [1.54, 1.807) is 26.0 Å². The van der Waals surface area contributed by atoms with E-state index in [4.69, 9.17) is 9.47 Å². The minimum absolute atomic E-state index is 0.0484. The molecule has 1 aromatic carbocycles. The Morgan fingerprint density at radius 1 is 1.15 bits per heavy atom. The first-order chi connectivity index (χ1) is 12.3. The molecule has 0 aromatic heterocycles. The number of hydrogen-bond donors (Lipinski definition) is 2. The average molecular weight is 381 g/mol. The van der Waals surface area contributed by atoms with E-state index in [0.717, 1.165) is 5.75 Å². The summed E-state index contributed by atoms with van der Waals surface area (Å²) in [6, 6.07) is 7.24. The Hall–Kier alpha value is -2.55. The fourth-order valence-corrected chi connectivity index (χ4v) is 3.45. The number of hydrogen-bond acceptors (Lipinski definition) is 5.